The van der Waals surface area contributed by atoms with Gasteiger partial charge < -0.3 is 11.1 Å². The highest BCUT2D eigenvalue weighted by Crippen LogP contribution is 2.26. The van der Waals surface area contributed by atoms with Crippen LogP contribution in [0.3, 0.4) is 0 Å². The number of nitrogen functional groups attached to an aromatic ring is 1. The van der Waals surface area contributed by atoms with Crippen molar-refractivity contribution in [2.45, 2.75) is 5.16 Å². The first kappa shape index (κ1) is 9.41. The molecule has 3 N–H and O–H groups in total. The minimum absolute atomic E-state index is 0.306. The highest BCUT2D eigenvalue weighted by molar-refractivity contribution is 7.98. The lowest BCUT2D eigenvalue weighted by Crippen LogP contribution is -2.01. The molecule has 0 aromatic carbocycles. The Labute approximate surface area is 79.9 Å². The van der Waals surface area contributed by atoms with Crippen LogP contribution in [-0.2, 0) is 0 Å². The van der Waals surface area contributed by atoms with Crippen molar-refractivity contribution in [2.75, 3.05) is 24.4 Å². The molecule has 6 heteroatoms. The Hall–Kier alpha value is -0.680. The van der Waals surface area contributed by atoms with Gasteiger partial charge in [-0.1, -0.05) is 23.4 Å². The van der Waals surface area contributed by atoms with Gasteiger partial charge in [0.25, 0.3) is 0 Å². The number of thioether (sulfide) groups is 1. The maximum Gasteiger partial charge on any atom is 0.191 e. The third kappa shape index (κ3) is 1.73. The Kier molecular flexibility index (Phi) is 2.99. The fraction of sp³-hybridized carbons (Fsp3) is 0.333. The van der Waals surface area contributed by atoms with Crippen molar-refractivity contribution in [1.29, 1.82) is 0 Å². The van der Waals surface area contributed by atoms with Crippen molar-refractivity contribution in [3.05, 3.63) is 5.02 Å². The molecule has 0 saturated carbocycles. The molecule has 1 rings (SSSR count). The second-order valence-corrected chi connectivity index (χ2v) is 3.16. The number of nitrogens with two attached hydrogens (primary N) is 1. The van der Waals surface area contributed by atoms with Gasteiger partial charge in [-0.15, -0.1) is 0 Å². The molecule has 0 aliphatic rings. The van der Waals surface area contributed by atoms with Crippen LogP contribution in [0.1, 0.15) is 0 Å². The molecule has 0 radical (unpaired) electrons. The number of nitrogens with zero attached hydrogens (tertiary/aromatic N) is 2. The first-order chi connectivity index (χ1) is 5.69. The molecule has 0 atom stereocenters. The minimum atomic E-state index is 0.306. The van der Waals surface area contributed by atoms with E-state index in [0.29, 0.717) is 21.8 Å². The summed E-state index contributed by atoms with van der Waals surface area (Å²) >= 11 is 7.22. The molecule has 0 amide bonds. The van der Waals surface area contributed by atoms with Gasteiger partial charge in [-0.05, 0) is 6.26 Å². The number of nitrogens with one attached hydrogen (secondary N) is 1. The third-order valence-corrected chi connectivity index (χ3v) is 2.20. The number of rotatable bonds is 2. The topological polar surface area (TPSA) is 63.8 Å². The third-order valence-electron chi connectivity index (χ3n) is 1.28. The first-order valence-corrected chi connectivity index (χ1v) is 4.84. The number of anilines is 2. The quantitative estimate of drug-likeness (QED) is 0.565. The zero-order valence-electron chi connectivity index (χ0n) is 6.76. The molecular weight excluding hydrogens is 196 g/mol. The summed E-state index contributed by atoms with van der Waals surface area (Å²) in [5, 5.41) is 3.82. The summed E-state index contributed by atoms with van der Waals surface area (Å²) in [6, 6.07) is 0. The number of aromatic nitrogens is 2. The summed E-state index contributed by atoms with van der Waals surface area (Å²) in [6.45, 7) is 0. The normalized spacial score (nSPS) is 9.92. The predicted molar refractivity (Wildman–Crippen MR) is 52.8 cm³/mol. The zero-order chi connectivity index (χ0) is 9.14. The monoisotopic (exact) mass is 204 g/mol. The second-order valence-electron chi connectivity index (χ2n) is 2.01. The molecule has 0 aliphatic carbocycles. The van der Waals surface area contributed by atoms with Crippen molar-refractivity contribution < 1.29 is 0 Å². The van der Waals surface area contributed by atoms with Crippen LogP contribution in [0.4, 0.5) is 11.6 Å². The molecule has 0 aliphatic heterocycles. The maximum atomic E-state index is 5.80. The van der Waals surface area contributed by atoms with Gasteiger partial charge in [0.15, 0.2) is 11.0 Å². The van der Waals surface area contributed by atoms with E-state index in [1.807, 2.05) is 6.26 Å². The smallest absolute Gasteiger partial charge is 0.191 e. The van der Waals surface area contributed by atoms with Crippen molar-refractivity contribution in [1.82, 2.24) is 9.97 Å². The van der Waals surface area contributed by atoms with Crippen molar-refractivity contribution >= 4 is 35.0 Å². The summed E-state index contributed by atoms with van der Waals surface area (Å²) < 4.78 is 0. The molecule has 1 aromatic heterocycles. The summed E-state index contributed by atoms with van der Waals surface area (Å²) in [6.07, 6.45) is 1.88. The summed E-state index contributed by atoms with van der Waals surface area (Å²) in [4.78, 5) is 8.06. The summed E-state index contributed by atoms with van der Waals surface area (Å²) in [5.74, 6) is 0.869. The highest BCUT2D eigenvalue weighted by Gasteiger charge is 2.07. The van der Waals surface area contributed by atoms with Gasteiger partial charge in [0, 0.05) is 7.05 Å². The standard InChI is InChI=1S/C6H9ClN4S/c1-9-5-3(7)4(8)10-6(11-5)12-2/h1-2H3,(H3,8,9,10,11). The number of hydrogen-bond acceptors (Lipinski definition) is 5. The Bertz CT molecular complexity index is 291. The molecule has 0 unspecified atom stereocenters. The van der Waals surface area contributed by atoms with E-state index in [1.165, 1.54) is 11.8 Å². The lowest BCUT2D eigenvalue weighted by molar-refractivity contribution is 0.981. The van der Waals surface area contributed by atoms with E-state index in [2.05, 4.69) is 15.3 Å². The van der Waals surface area contributed by atoms with Crippen LogP contribution in [0.2, 0.25) is 5.02 Å². The Balaban J connectivity index is 3.19. The van der Waals surface area contributed by atoms with Crippen molar-refractivity contribution in [3.63, 3.8) is 0 Å². The van der Waals surface area contributed by atoms with E-state index in [1.54, 1.807) is 7.05 Å². The van der Waals surface area contributed by atoms with Crippen LogP contribution in [0.25, 0.3) is 0 Å². The Morgan fingerprint density at radius 1 is 1.50 bits per heavy atom. The van der Waals surface area contributed by atoms with Crippen molar-refractivity contribution in [3.8, 4) is 0 Å². The van der Waals surface area contributed by atoms with Gasteiger partial charge >= 0.3 is 0 Å². The molecular formula is C6H9ClN4S. The van der Waals surface area contributed by atoms with Gasteiger partial charge in [0.05, 0.1) is 0 Å². The van der Waals surface area contributed by atoms with Crippen LogP contribution in [0.5, 0.6) is 0 Å². The molecule has 0 fully saturated rings. The minimum Gasteiger partial charge on any atom is -0.382 e. The molecule has 0 bridgehead atoms. The summed E-state index contributed by atoms with van der Waals surface area (Å²) in [5.41, 5.74) is 5.54. The Morgan fingerprint density at radius 3 is 2.67 bits per heavy atom. The lowest BCUT2D eigenvalue weighted by atomic mass is 10.5. The van der Waals surface area contributed by atoms with E-state index < -0.39 is 0 Å². The molecule has 12 heavy (non-hydrogen) atoms. The predicted octanol–water partition coefficient (Wildman–Crippen LogP) is 1.48. The van der Waals surface area contributed by atoms with Crippen LogP contribution in [0.15, 0.2) is 5.16 Å². The van der Waals surface area contributed by atoms with E-state index in [-0.39, 0.29) is 0 Å². The SMILES string of the molecule is CNc1nc(SC)nc(N)c1Cl. The van der Waals surface area contributed by atoms with E-state index in [9.17, 15) is 0 Å². The lowest BCUT2D eigenvalue weighted by Gasteiger charge is -2.05. The largest absolute Gasteiger partial charge is 0.382 e. The molecule has 4 nitrogen and oxygen atoms in total. The number of hydrogen-bond donors (Lipinski definition) is 2. The van der Waals surface area contributed by atoms with E-state index in [0.717, 1.165) is 0 Å². The first-order valence-electron chi connectivity index (χ1n) is 3.23. The van der Waals surface area contributed by atoms with Gasteiger partial charge in [0.1, 0.15) is 10.8 Å². The van der Waals surface area contributed by atoms with E-state index in [4.69, 9.17) is 17.3 Å². The maximum absolute atomic E-state index is 5.80. The van der Waals surface area contributed by atoms with Crippen LogP contribution >= 0.6 is 23.4 Å². The van der Waals surface area contributed by atoms with Gasteiger partial charge in [-0.3, -0.25) is 0 Å². The fourth-order valence-corrected chi connectivity index (χ4v) is 1.25. The van der Waals surface area contributed by atoms with Gasteiger partial charge in [-0.2, -0.15) is 0 Å². The fourth-order valence-electron chi connectivity index (χ4n) is 0.700. The second kappa shape index (κ2) is 3.82. The molecule has 0 spiro atoms. The van der Waals surface area contributed by atoms with Crippen LogP contribution in [0, 0.1) is 0 Å². The average molecular weight is 205 g/mol. The van der Waals surface area contributed by atoms with Gasteiger partial charge in [0.2, 0.25) is 0 Å². The van der Waals surface area contributed by atoms with Crippen molar-refractivity contribution in [2.24, 2.45) is 0 Å². The molecule has 66 valence electrons. The summed E-state index contributed by atoms with van der Waals surface area (Å²) in [7, 11) is 1.73. The molecule has 0 saturated heterocycles. The van der Waals surface area contributed by atoms with Crippen LogP contribution in [-0.4, -0.2) is 23.3 Å². The Morgan fingerprint density at radius 2 is 2.17 bits per heavy atom. The zero-order valence-corrected chi connectivity index (χ0v) is 8.33. The number of halogens is 1. The van der Waals surface area contributed by atoms with Gasteiger partial charge in [-0.25, -0.2) is 9.97 Å². The highest BCUT2D eigenvalue weighted by atomic mass is 35.5. The van der Waals surface area contributed by atoms with Crippen LogP contribution < -0.4 is 11.1 Å². The average Bonchev–Trinajstić information content (AvgIpc) is 2.09. The molecule has 1 heterocycles. The van der Waals surface area contributed by atoms with E-state index >= 15 is 0 Å². The molecule has 1 aromatic rings.